The average Bonchev–Trinajstić information content (AvgIpc) is 2.96. The van der Waals surface area contributed by atoms with Crippen molar-refractivity contribution in [2.75, 3.05) is 33.4 Å². The summed E-state index contributed by atoms with van der Waals surface area (Å²) in [4.78, 5) is 9.52. The smallest absolute Gasteiger partial charge is 0.191 e. The maximum atomic E-state index is 5.29. The highest BCUT2D eigenvalue weighted by Crippen LogP contribution is 2.44. The Labute approximate surface area is 162 Å². The molecule has 0 spiro atoms. The lowest BCUT2D eigenvalue weighted by molar-refractivity contribution is 0.0778. The summed E-state index contributed by atoms with van der Waals surface area (Å²) in [7, 11) is 1.78. The number of methoxy groups -OCH3 is 1. The van der Waals surface area contributed by atoms with Crippen LogP contribution in [0.3, 0.4) is 0 Å². The molecule has 2 N–H and O–H groups in total. The Morgan fingerprint density at radius 3 is 2.81 bits per heavy atom. The van der Waals surface area contributed by atoms with Crippen molar-refractivity contribution in [1.29, 1.82) is 0 Å². The number of para-hydroxylation sites is 2. The number of nitrogens with one attached hydrogen (secondary N) is 2. The molecule has 0 bridgehead atoms. The molecule has 0 unspecified atom stereocenters. The summed E-state index contributed by atoms with van der Waals surface area (Å²) in [6.45, 7) is 8.42. The van der Waals surface area contributed by atoms with E-state index in [2.05, 4.69) is 52.2 Å². The summed E-state index contributed by atoms with van der Waals surface area (Å²) in [5.41, 5.74) is 2.59. The van der Waals surface area contributed by atoms with Crippen LogP contribution in [0.1, 0.15) is 38.4 Å². The zero-order chi connectivity index (χ0) is 19.1. The number of rotatable bonds is 9. The van der Waals surface area contributed by atoms with Gasteiger partial charge in [-0.1, -0.05) is 18.6 Å². The number of imidazole rings is 1. The largest absolute Gasteiger partial charge is 0.385 e. The van der Waals surface area contributed by atoms with Gasteiger partial charge in [0.15, 0.2) is 5.96 Å². The lowest BCUT2D eigenvalue weighted by Crippen LogP contribution is -2.41. The third-order valence-corrected chi connectivity index (χ3v) is 5.64. The fraction of sp³-hybridized carbons (Fsp3) is 0.619. The summed E-state index contributed by atoms with van der Waals surface area (Å²) in [6, 6.07) is 8.30. The minimum Gasteiger partial charge on any atom is -0.385 e. The van der Waals surface area contributed by atoms with Crippen LogP contribution < -0.4 is 10.6 Å². The average molecular weight is 372 g/mol. The topological polar surface area (TPSA) is 63.5 Å². The van der Waals surface area contributed by atoms with Crippen molar-refractivity contribution in [2.24, 2.45) is 10.4 Å². The van der Waals surface area contributed by atoms with Crippen molar-refractivity contribution in [3.8, 4) is 0 Å². The molecule has 1 aromatic heterocycles. The van der Waals surface area contributed by atoms with Gasteiger partial charge in [-0.05, 0) is 50.7 Å². The second-order valence-corrected chi connectivity index (χ2v) is 7.52. The van der Waals surface area contributed by atoms with Gasteiger partial charge < -0.3 is 19.9 Å². The van der Waals surface area contributed by atoms with E-state index in [-0.39, 0.29) is 0 Å². The number of aromatic nitrogens is 2. The maximum Gasteiger partial charge on any atom is 0.191 e. The predicted molar refractivity (Wildman–Crippen MR) is 111 cm³/mol. The quantitative estimate of drug-likeness (QED) is 0.525. The molecule has 0 amide bonds. The molecule has 0 atom stereocenters. The van der Waals surface area contributed by atoms with Gasteiger partial charge in [0.25, 0.3) is 0 Å². The third kappa shape index (κ3) is 4.80. The number of aryl methyl sites for hydroxylation is 1. The van der Waals surface area contributed by atoms with E-state index in [1.165, 1.54) is 24.8 Å². The molecule has 1 aliphatic rings. The molecule has 1 aromatic carbocycles. The van der Waals surface area contributed by atoms with Crippen molar-refractivity contribution < 1.29 is 4.74 Å². The molecular formula is C21H33N5O. The SMILES string of the molecule is CCNC(=NCC1(CCOC)CCC1)NCCn1c(C)nc2ccccc21. The Morgan fingerprint density at radius 2 is 2.11 bits per heavy atom. The van der Waals surface area contributed by atoms with Crippen molar-refractivity contribution >= 4 is 17.0 Å². The number of nitrogens with zero attached hydrogens (tertiary/aromatic N) is 3. The zero-order valence-electron chi connectivity index (χ0n) is 16.9. The van der Waals surface area contributed by atoms with Gasteiger partial charge in [0.1, 0.15) is 5.82 Å². The monoisotopic (exact) mass is 371 g/mol. The zero-order valence-corrected chi connectivity index (χ0v) is 16.9. The predicted octanol–water partition coefficient (Wildman–Crippen LogP) is 3.11. The van der Waals surface area contributed by atoms with Crippen LogP contribution in [-0.4, -0.2) is 48.9 Å². The van der Waals surface area contributed by atoms with E-state index >= 15 is 0 Å². The first-order valence-electron chi connectivity index (χ1n) is 10.1. The molecule has 1 heterocycles. The van der Waals surface area contributed by atoms with Gasteiger partial charge in [0.05, 0.1) is 11.0 Å². The van der Waals surface area contributed by atoms with E-state index in [4.69, 9.17) is 9.73 Å². The molecule has 0 saturated heterocycles. The highest BCUT2D eigenvalue weighted by atomic mass is 16.5. The molecule has 6 nitrogen and oxygen atoms in total. The summed E-state index contributed by atoms with van der Waals surface area (Å²) >= 11 is 0. The van der Waals surface area contributed by atoms with E-state index in [1.54, 1.807) is 7.11 Å². The molecular weight excluding hydrogens is 338 g/mol. The molecule has 0 aliphatic heterocycles. The fourth-order valence-corrected chi connectivity index (χ4v) is 3.84. The van der Waals surface area contributed by atoms with Gasteiger partial charge in [-0.3, -0.25) is 4.99 Å². The molecule has 0 radical (unpaired) electrons. The summed E-state index contributed by atoms with van der Waals surface area (Å²) in [5.74, 6) is 1.95. The van der Waals surface area contributed by atoms with Crippen molar-refractivity contribution in [3.05, 3.63) is 30.1 Å². The third-order valence-electron chi connectivity index (χ3n) is 5.64. The first kappa shape index (κ1) is 19.7. The van der Waals surface area contributed by atoms with Gasteiger partial charge in [-0.25, -0.2) is 4.98 Å². The summed E-state index contributed by atoms with van der Waals surface area (Å²) in [6.07, 6.45) is 4.95. The number of aliphatic imine (C=N–C) groups is 1. The molecule has 6 heteroatoms. The van der Waals surface area contributed by atoms with E-state index in [1.807, 2.05) is 6.07 Å². The number of guanidine groups is 1. The number of benzene rings is 1. The number of ether oxygens (including phenoxy) is 1. The Hall–Kier alpha value is -2.08. The molecule has 27 heavy (non-hydrogen) atoms. The second-order valence-electron chi connectivity index (χ2n) is 7.52. The lowest BCUT2D eigenvalue weighted by Gasteiger charge is -2.40. The minimum absolute atomic E-state index is 0.343. The van der Waals surface area contributed by atoms with Crippen LogP contribution in [0.25, 0.3) is 11.0 Å². The molecule has 3 rings (SSSR count). The van der Waals surface area contributed by atoms with Crippen LogP contribution in [0.4, 0.5) is 0 Å². The van der Waals surface area contributed by atoms with E-state index < -0.39 is 0 Å². The van der Waals surface area contributed by atoms with E-state index in [0.29, 0.717) is 5.41 Å². The first-order chi connectivity index (χ1) is 13.2. The Kier molecular flexibility index (Phi) is 6.72. The molecule has 1 aliphatic carbocycles. The van der Waals surface area contributed by atoms with Crippen LogP contribution in [-0.2, 0) is 11.3 Å². The summed E-state index contributed by atoms with van der Waals surface area (Å²) in [5, 5.41) is 6.86. The minimum atomic E-state index is 0.343. The molecule has 2 aromatic rings. The van der Waals surface area contributed by atoms with Crippen molar-refractivity contribution in [3.63, 3.8) is 0 Å². The van der Waals surface area contributed by atoms with Gasteiger partial charge >= 0.3 is 0 Å². The van der Waals surface area contributed by atoms with Gasteiger partial charge in [0.2, 0.25) is 0 Å². The van der Waals surface area contributed by atoms with Gasteiger partial charge in [-0.2, -0.15) is 0 Å². The van der Waals surface area contributed by atoms with Crippen molar-refractivity contribution in [1.82, 2.24) is 20.2 Å². The molecule has 1 saturated carbocycles. The fourth-order valence-electron chi connectivity index (χ4n) is 3.84. The van der Waals surface area contributed by atoms with Gasteiger partial charge in [-0.15, -0.1) is 0 Å². The number of hydrogen-bond acceptors (Lipinski definition) is 3. The number of fused-ring (bicyclic) bond motifs is 1. The van der Waals surface area contributed by atoms with Crippen LogP contribution in [0.15, 0.2) is 29.3 Å². The normalized spacial score (nSPS) is 16.3. The van der Waals surface area contributed by atoms with Crippen LogP contribution >= 0.6 is 0 Å². The highest BCUT2D eigenvalue weighted by molar-refractivity contribution is 5.80. The number of hydrogen-bond donors (Lipinski definition) is 2. The Morgan fingerprint density at radius 1 is 1.30 bits per heavy atom. The second kappa shape index (κ2) is 9.22. The lowest BCUT2D eigenvalue weighted by atomic mass is 9.67. The first-order valence-corrected chi connectivity index (χ1v) is 10.1. The van der Waals surface area contributed by atoms with Gasteiger partial charge in [0, 0.05) is 39.9 Å². The molecule has 1 fully saturated rings. The highest BCUT2D eigenvalue weighted by Gasteiger charge is 2.36. The Balaban J connectivity index is 1.58. The van der Waals surface area contributed by atoms with E-state index in [9.17, 15) is 0 Å². The van der Waals surface area contributed by atoms with Crippen LogP contribution in [0.2, 0.25) is 0 Å². The van der Waals surface area contributed by atoms with Crippen LogP contribution in [0.5, 0.6) is 0 Å². The molecule has 148 valence electrons. The standard InChI is InChI=1S/C21H33N5O/c1-4-22-20(24-16-21(10-7-11-21)12-15-27-3)23-13-14-26-17(2)25-18-8-5-6-9-19(18)26/h5-6,8-9H,4,7,10-16H2,1-3H3,(H2,22,23,24). The maximum absolute atomic E-state index is 5.29. The summed E-state index contributed by atoms with van der Waals surface area (Å²) < 4.78 is 7.55. The Bertz CT molecular complexity index is 763. The van der Waals surface area contributed by atoms with Crippen LogP contribution in [0, 0.1) is 12.3 Å². The van der Waals surface area contributed by atoms with Crippen molar-refractivity contribution in [2.45, 2.75) is 46.1 Å². The van der Waals surface area contributed by atoms with E-state index in [0.717, 1.165) is 56.5 Å².